The van der Waals surface area contributed by atoms with Crippen molar-refractivity contribution in [1.82, 2.24) is 0 Å². The van der Waals surface area contributed by atoms with Crippen LogP contribution in [-0.2, 0) is 5.41 Å². The minimum absolute atomic E-state index is 0.166. The Morgan fingerprint density at radius 2 is 1.93 bits per heavy atom. The van der Waals surface area contributed by atoms with E-state index in [9.17, 15) is 0 Å². The minimum atomic E-state index is -0.166. The molecule has 0 radical (unpaired) electrons. The Morgan fingerprint density at radius 1 is 1.29 bits per heavy atom. The van der Waals surface area contributed by atoms with Gasteiger partial charge in [0.05, 0.1) is 11.5 Å². The smallest absolute Gasteiger partial charge is 0.0826 e. The van der Waals surface area contributed by atoms with E-state index in [0.717, 1.165) is 17.3 Å². The van der Waals surface area contributed by atoms with Crippen molar-refractivity contribution >= 4 is 15.9 Å². The van der Waals surface area contributed by atoms with Crippen LogP contribution in [-0.4, -0.2) is 0 Å². The number of aryl methyl sites for hydroxylation is 2. The fourth-order valence-electron chi connectivity index (χ4n) is 1.91. The second-order valence-electron chi connectivity index (χ2n) is 4.11. The lowest BCUT2D eigenvalue weighted by Gasteiger charge is -2.12. The van der Waals surface area contributed by atoms with Crippen LogP contribution in [0, 0.1) is 25.2 Å². The zero-order valence-electron chi connectivity index (χ0n) is 8.39. The molecular formula is C12H12BrN. The van der Waals surface area contributed by atoms with Crippen molar-refractivity contribution in [2.45, 2.75) is 32.1 Å². The molecule has 0 unspecified atom stereocenters. The number of rotatable bonds is 1. The van der Waals surface area contributed by atoms with Gasteiger partial charge in [0.15, 0.2) is 0 Å². The fraction of sp³-hybridized carbons (Fsp3) is 0.417. The van der Waals surface area contributed by atoms with Crippen molar-refractivity contribution < 1.29 is 0 Å². The van der Waals surface area contributed by atoms with Gasteiger partial charge in [-0.05, 0) is 49.4 Å². The van der Waals surface area contributed by atoms with Crippen LogP contribution in [0.15, 0.2) is 16.6 Å². The number of hydrogen-bond acceptors (Lipinski definition) is 1. The van der Waals surface area contributed by atoms with Crippen molar-refractivity contribution in [3.63, 3.8) is 0 Å². The second-order valence-corrected chi connectivity index (χ2v) is 4.96. The van der Waals surface area contributed by atoms with E-state index in [-0.39, 0.29) is 5.41 Å². The molecule has 1 aromatic rings. The molecule has 1 fully saturated rings. The third-order valence-corrected chi connectivity index (χ3v) is 3.84. The van der Waals surface area contributed by atoms with E-state index in [1.54, 1.807) is 0 Å². The van der Waals surface area contributed by atoms with E-state index in [2.05, 4.69) is 48.0 Å². The average molecular weight is 250 g/mol. The highest BCUT2D eigenvalue weighted by atomic mass is 79.9. The Labute approximate surface area is 92.9 Å². The molecule has 0 spiro atoms. The van der Waals surface area contributed by atoms with Crippen molar-refractivity contribution in [1.29, 1.82) is 5.26 Å². The maximum absolute atomic E-state index is 9.13. The molecule has 0 aliphatic heterocycles. The summed E-state index contributed by atoms with van der Waals surface area (Å²) in [7, 11) is 0. The zero-order valence-corrected chi connectivity index (χ0v) is 9.98. The predicted molar refractivity (Wildman–Crippen MR) is 60.1 cm³/mol. The van der Waals surface area contributed by atoms with E-state index < -0.39 is 0 Å². The van der Waals surface area contributed by atoms with Gasteiger partial charge in [0.1, 0.15) is 0 Å². The standard InChI is InChI=1S/C12H12BrN/c1-8-5-9(2)11(13)6-10(8)12(7-14)3-4-12/h5-6H,3-4H2,1-2H3. The molecule has 1 saturated carbocycles. The number of nitrogens with zero attached hydrogens (tertiary/aromatic N) is 1. The van der Waals surface area contributed by atoms with Gasteiger partial charge in [-0.15, -0.1) is 0 Å². The summed E-state index contributed by atoms with van der Waals surface area (Å²) in [4.78, 5) is 0. The van der Waals surface area contributed by atoms with E-state index >= 15 is 0 Å². The van der Waals surface area contributed by atoms with Gasteiger partial charge in [0, 0.05) is 4.47 Å². The highest BCUT2D eigenvalue weighted by molar-refractivity contribution is 9.10. The van der Waals surface area contributed by atoms with E-state index in [1.165, 1.54) is 16.7 Å². The van der Waals surface area contributed by atoms with Crippen LogP contribution in [0.1, 0.15) is 29.5 Å². The van der Waals surface area contributed by atoms with Crippen molar-refractivity contribution in [3.05, 3.63) is 33.3 Å². The Morgan fingerprint density at radius 3 is 2.43 bits per heavy atom. The Hall–Kier alpha value is -0.810. The van der Waals surface area contributed by atoms with E-state index in [0.29, 0.717) is 0 Å². The number of hydrogen-bond donors (Lipinski definition) is 0. The Bertz CT molecular complexity index is 425. The van der Waals surface area contributed by atoms with Gasteiger partial charge in [-0.1, -0.05) is 22.0 Å². The molecule has 0 atom stereocenters. The molecule has 1 aliphatic carbocycles. The van der Waals surface area contributed by atoms with Gasteiger partial charge in [-0.3, -0.25) is 0 Å². The summed E-state index contributed by atoms with van der Waals surface area (Å²) in [6.45, 7) is 4.17. The molecule has 2 rings (SSSR count). The summed E-state index contributed by atoms with van der Waals surface area (Å²) in [5.74, 6) is 0. The Balaban J connectivity index is 2.55. The lowest BCUT2D eigenvalue weighted by Crippen LogP contribution is -2.05. The molecule has 72 valence electrons. The van der Waals surface area contributed by atoms with E-state index in [4.69, 9.17) is 5.26 Å². The van der Waals surface area contributed by atoms with Gasteiger partial charge in [-0.2, -0.15) is 5.26 Å². The largest absolute Gasteiger partial charge is 0.197 e. The molecule has 14 heavy (non-hydrogen) atoms. The van der Waals surface area contributed by atoms with Crippen molar-refractivity contribution in [2.75, 3.05) is 0 Å². The first-order valence-corrected chi connectivity index (χ1v) is 5.57. The first kappa shape index (κ1) is 9.73. The number of nitriles is 1. The summed E-state index contributed by atoms with van der Waals surface area (Å²) in [5.41, 5.74) is 3.52. The summed E-state index contributed by atoms with van der Waals surface area (Å²) >= 11 is 3.52. The van der Waals surface area contributed by atoms with Crippen LogP contribution in [0.25, 0.3) is 0 Å². The van der Waals surface area contributed by atoms with Crippen molar-refractivity contribution in [3.8, 4) is 6.07 Å². The van der Waals surface area contributed by atoms with Crippen LogP contribution >= 0.6 is 15.9 Å². The van der Waals surface area contributed by atoms with Crippen LogP contribution in [0.5, 0.6) is 0 Å². The average Bonchev–Trinajstić information content (AvgIpc) is 2.92. The molecule has 0 saturated heterocycles. The lowest BCUT2D eigenvalue weighted by molar-refractivity contribution is 0.892. The molecule has 1 aromatic carbocycles. The fourth-order valence-corrected chi connectivity index (χ4v) is 2.25. The topological polar surface area (TPSA) is 23.8 Å². The van der Waals surface area contributed by atoms with Crippen LogP contribution in [0.3, 0.4) is 0 Å². The second kappa shape index (κ2) is 3.10. The molecule has 0 amide bonds. The number of benzene rings is 1. The monoisotopic (exact) mass is 249 g/mol. The first-order valence-electron chi connectivity index (χ1n) is 4.77. The maximum Gasteiger partial charge on any atom is 0.0826 e. The summed E-state index contributed by atoms with van der Waals surface area (Å²) in [6, 6.07) is 6.70. The quantitative estimate of drug-likeness (QED) is 0.746. The molecule has 0 bridgehead atoms. The lowest BCUT2D eigenvalue weighted by atomic mass is 9.92. The third kappa shape index (κ3) is 1.36. The minimum Gasteiger partial charge on any atom is -0.197 e. The molecule has 1 nitrogen and oxygen atoms in total. The zero-order chi connectivity index (χ0) is 10.3. The van der Waals surface area contributed by atoms with Gasteiger partial charge in [-0.25, -0.2) is 0 Å². The Kier molecular flexibility index (Phi) is 2.16. The first-order chi connectivity index (χ1) is 6.59. The highest BCUT2D eigenvalue weighted by Crippen LogP contribution is 2.49. The van der Waals surface area contributed by atoms with Crippen LogP contribution < -0.4 is 0 Å². The molecule has 0 aromatic heterocycles. The molecule has 0 heterocycles. The number of halogens is 1. The van der Waals surface area contributed by atoms with Crippen LogP contribution in [0.4, 0.5) is 0 Å². The van der Waals surface area contributed by atoms with Gasteiger partial charge < -0.3 is 0 Å². The third-order valence-electron chi connectivity index (χ3n) is 2.99. The predicted octanol–water partition coefficient (Wildman–Crippen LogP) is 3.62. The normalized spacial score (nSPS) is 17.6. The molecule has 1 aliphatic rings. The SMILES string of the molecule is Cc1cc(C)c(C2(C#N)CC2)cc1Br. The maximum atomic E-state index is 9.13. The van der Waals surface area contributed by atoms with Gasteiger partial charge >= 0.3 is 0 Å². The van der Waals surface area contributed by atoms with Gasteiger partial charge in [0.2, 0.25) is 0 Å². The summed E-state index contributed by atoms with van der Waals surface area (Å²) < 4.78 is 1.11. The summed E-state index contributed by atoms with van der Waals surface area (Å²) in [6.07, 6.45) is 2.03. The molecule has 2 heteroatoms. The van der Waals surface area contributed by atoms with E-state index in [1.807, 2.05) is 0 Å². The molecular weight excluding hydrogens is 238 g/mol. The summed E-state index contributed by atoms with van der Waals surface area (Å²) in [5, 5.41) is 9.13. The van der Waals surface area contributed by atoms with Gasteiger partial charge in [0.25, 0.3) is 0 Å². The van der Waals surface area contributed by atoms with Crippen molar-refractivity contribution in [2.24, 2.45) is 0 Å². The van der Waals surface area contributed by atoms with Crippen LogP contribution in [0.2, 0.25) is 0 Å². The highest BCUT2D eigenvalue weighted by Gasteiger charge is 2.45. The molecule has 0 N–H and O–H groups in total.